The first-order valence-corrected chi connectivity index (χ1v) is 16.1. The molecule has 46 heavy (non-hydrogen) atoms. The van der Waals surface area contributed by atoms with Gasteiger partial charge in [-0.3, -0.25) is 37.5 Å². The Morgan fingerprint density at radius 3 is 1.89 bits per heavy atom. The molecule has 2 unspecified atom stereocenters. The fourth-order valence-corrected chi connectivity index (χ4v) is 6.16. The van der Waals surface area contributed by atoms with E-state index < -0.39 is 84.6 Å². The topological polar surface area (TPSA) is 340 Å². The van der Waals surface area contributed by atoms with E-state index >= 15 is 0 Å². The number of anilines is 2. The van der Waals surface area contributed by atoms with Gasteiger partial charge < -0.3 is 36.8 Å². The van der Waals surface area contributed by atoms with Gasteiger partial charge >= 0.3 is 20.8 Å². The van der Waals surface area contributed by atoms with Crippen LogP contribution in [0.15, 0.2) is 23.0 Å². The summed E-state index contributed by atoms with van der Waals surface area (Å²) in [6.07, 6.45) is 0.253. The minimum absolute atomic E-state index is 0.00631. The lowest BCUT2D eigenvalue weighted by Gasteiger charge is -2.50. The molecule has 0 spiro atoms. The summed E-state index contributed by atoms with van der Waals surface area (Å²) in [5.41, 5.74) is 8.97. The van der Waals surface area contributed by atoms with E-state index in [9.17, 15) is 34.8 Å². The highest BCUT2D eigenvalue weighted by molar-refractivity contribution is 7.80. The van der Waals surface area contributed by atoms with Gasteiger partial charge in [0.15, 0.2) is 11.4 Å². The van der Waals surface area contributed by atoms with Crippen molar-refractivity contribution in [1.82, 2.24) is 4.90 Å². The number of nitrogens with zero attached hydrogens (tertiary/aromatic N) is 2. The number of hydrogen-bond donors (Lipinski definition) is 10. The zero-order valence-electron chi connectivity index (χ0n) is 24.9. The van der Waals surface area contributed by atoms with Crippen LogP contribution in [-0.2, 0) is 41.6 Å². The molecule has 21 heteroatoms. The van der Waals surface area contributed by atoms with Crippen molar-refractivity contribution >= 4 is 55.4 Å². The van der Waals surface area contributed by atoms with Gasteiger partial charge in [-0.2, -0.15) is 16.8 Å². The number of aliphatic hydroxyl groups is 3. The molecule has 1 saturated carbocycles. The molecule has 4 rings (SSSR count). The maximum Gasteiger partial charge on any atom is 0.394 e. The summed E-state index contributed by atoms with van der Waals surface area (Å²) in [5.74, 6) is -6.91. The molecule has 0 radical (unpaired) electrons. The van der Waals surface area contributed by atoms with Crippen LogP contribution in [0.5, 0.6) is 5.75 Å². The Kier molecular flexibility index (Phi) is 11.2. The van der Waals surface area contributed by atoms with Crippen molar-refractivity contribution < 1.29 is 69.9 Å². The van der Waals surface area contributed by atoms with Crippen molar-refractivity contribution in [2.24, 2.45) is 17.6 Å². The molecular weight excluding hydrogens is 660 g/mol. The van der Waals surface area contributed by atoms with Crippen LogP contribution in [0.4, 0.5) is 11.4 Å². The zero-order valence-corrected chi connectivity index (χ0v) is 26.6. The number of hydrogen-bond acceptors (Lipinski definition) is 14. The van der Waals surface area contributed by atoms with E-state index in [-0.39, 0.29) is 29.7 Å². The normalized spacial score (nSPS) is 24.2. The molecular formula is C25H36N4O15S2. The van der Waals surface area contributed by atoms with Crippen LogP contribution in [0.2, 0.25) is 0 Å². The number of carbonyl (C=O) groups excluding carboxylic acids is 3. The van der Waals surface area contributed by atoms with Crippen LogP contribution >= 0.6 is 0 Å². The summed E-state index contributed by atoms with van der Waals surface area (Å²) in [4.78, 5) is 42.5. The molecule has 0 bridgehead atoms. The van der Waals surface area contributed by atoms with E-state index in [0.29, 0.717) is 24.3 Å². The number of nitrogen functional groups attached to an aromatic ring is 1. The molecule has 12 N–H and O–H groups in total. The number of amides is 1. The smallest absolute Gasteiger partial charge is 0.394 e. The molecule has 258 valence electrons. The Hall–Kier alpha value is -3.83. The van der Waals surface area contributed by atoms with Crippen molar-refractivity contribution in [3.05, 3.63) is 34.1 Å². The Morgan fingerprint density at radius 1 is 1.00 bits per heavy atom. The van der Waals surface area contributed by atoms with Crippen molar-refractivity contribution in [3.8, 4) is 5.75 Å². The van der Waals surface area contributed by atoms with Gasteiger partial charge in [0, 0.05) is 30.3 Å². The number of nitrogens with two attached hydrogens (primary N) is 2. The van der Waals surface area contributed by atoms with Crippen LogP contribution in [0.1, 0.15) is 31.4 Å². The SMILES string of the molecule is CCN(CC)c1cc(N)c(O)c2c1CC1CC3[C@H](N(C)C)C(=O)C(C(N)=O)=C(O)[C@@]3(O)C(=O)C1=C2O.O=S(=O)(O)O.O=S(=O)(O)O. The number of phenolic OH excluding ortho intramolecular Hbond substituents is 1. The van der Waals surface area contributed by atoms with Crippen molar-refractivity contribution in [2.45, 2.75) is 38.3 Å². The summed E-state index contributed by atoms with van der Waals surface area (Å²) in [6, 6.07) is 0.505. The predicted molar refractivity (Wildman–Crippen MR) is 161 cm³/mol. The number of aliphatic hydroxyl groups excluding tert-OH is 2. The molecule has 3 aliphatic rings. The third kappa shape index (κ3) is 7.58. The van der Waals surface area contributed by atoms with Crippen molar-refractivity contribution in [1.29, 1.82) is 0 Å². The molecule has 19 nitrogen and oxygen atoms in total. The largest absolute Gasteiger partial charge is 0.508 e. The lowest BCUT2D eigenvalue weighted by Crippen LogP contribution is -2.65. The summed E-state index contributed by atoms with van der Waals surface area (Å²) in [6.45, 7) is 5.16. The number of likely N-dealkylation sites (N-methyl/N-ethyl adjacent to an activating group) is 1. The Labute approximate surface area is 263 Å². The molecule has 1 aromatic rings. The van der Waals surface area contributed by atoms with E-state index in [4.69, 9.17) is 46.5 Å². The zero-order chi connectivity index (χ0) is 35.9. The number of carbonyl (C=O) groups is 3. The molecule has 1 fully saturated rings. The van der Waals surface area contributed by atoms with Gasteiger partial charge in [0.2, 0.25) is 5.78 Å². The van der Waals surface area contributed by atoms with Gasteiger partial charge in [0.25, 0.3) is 5.91 Å². The van der Waals surface area contributed by atoms with Gasteiger partial charge in [-0.05, 0) is 58.3 Å². The minimum atomic E-state index is -4.67. The molecule has 1 amide bonds. The second kappa shape index (κ2) is 13.5. The molecule has 1 aromatic carbocycles. The molecule has 0 saturated heterocycles. The molecule has 0 aromatic heterocycles. The van der Waals surface area contributed by atoms with Gasteiger partial charge in [0.05, 0.1) is 17.3 Å². The number of Topliss-reactive ketones (excluding diaryl/α,β-unsaturated/α-hetero) is 2. The van der Waals surface area contributed by atoms with Gasteiger partial charge in [-0.15, -0.1) is 0 Å². The first-order chi connectivity index (χ1) is 20.8. The summed E-state index contributed by atoms with van der Waals surface area (Å²) >= 11 is 0. The van der Waals surface area contributed by atoms with E-state index in [1.165, 1.54) is 4.90 Å². The maximum absolute atomic E-state index is 13.8. The van der Waals surface area contributed by atoms with Crippen molar-refractivity contribution in [3.63, 3.8) is 0 Å². The number of phenols is 1. The number of primary amides is 1. The number of benzene rings is 1. The standard InChI is InChI=1S/C25H32N4O7.2H2O4S/c1-5-29(6-2)14-9-13(26)19(30)16-11(14)7-10-8-12-18(28(3)4)21(32)17(24(27)35)23(34)25(12,36)22(33)15(10)20(16)31;2*1-5(2,3)4/h9-10,12,18,30-31,34,36H,5-8,26H2,1-4H3,(H2,27,35);2*(H2,1,2,3,4)/t10?,12?,18-,25-;;/m0../s1. The van der Waals surface area contributed by atoms with Crippen molar-refractivity contribution in [2.75, 3.05) is 37.8 Å². The highest BCUT2D eigenvalue weighted by atomic mass is 32.3. The Balaban J connectivity index is 0.000000642. The number of aromatic hydroxyl groups is 1. The average Bonchev–Trinajstić information content (AvgIpc) is 2.87. The summed E-state index contributed by atoms with van der Waals surface area (Å²) in [5, 5.41) is 44.6. The van der Waals surface area contributed by atoms with Crippen LogP contribution < -0.4 is 16.4 Å². The fraction of sp³-hybridized carbons (Fsp3) is 0.480. The lowest BCUT2D eigenvalue weighted by atomic mass is 9.57. The Bertz CT molecular complexity index is 1670. The number of ketones is 2. The third-order valence-corrected chi connectivity index (χ3v) is 7.83. The highest BCUT2D eigenvalue weighted by Gasteiger charge is 2.64. The number of fused-ring (bicyclic) bond motifs is 3. The fourth-order valence-electron chi connectivity index (χ4n) is 6.16. The molecule has 3 aliphatic carbocycles. The van der Waals surface area contributed by atoms with Gasteiger partial charge in [-0.25, -0.2) is 0 Å². The predicted octanol–water partition coefficient (Wildman–Crippen LogP) is -0.913. The second-order valence-corrected chi connectivity index (χ2v) is 12.5. The molecule has 4 atom stereocenters. The quantitative estimate of drug-likeness (QED) is 0.0770. The third-order valence-electron chi connectivity index (χ3n) is 7.83. The van der Waals surface area contributed by atoms with Gasteiger partial charge in [-0.1, -0.05) is 0 Å². The first-order valence-electron chi connectivity index (χ1n) is 13.3. The first kappa shape index (κ1) is 38.4. The van der Waals surface area contributed by atoms with E-state index in [1.54, 1.807) is 20.2 Å². The maximum atomic E-state index is 13.8. The minimum Gasteiger partial charge on any atom is -0.508 e. The number of rotatable bonds is 5. The summed E-state index contributed by atoms with van der Waals surface area (Å²) in [7, 11) is -6.21. The Morgan fingerprint density at radius 2 is 1.48 bits per heavy atom. The van der Waals surface area contributed by atoms with Crippen LogP contribution in [0.25, 0.3) is 5.76 Å². The highest BCUT2D eigenvalue weighted by Crippen LogP contribution is 2.54. The van der Waals surface area contributed by atoms with Crippen LogP contribution in [0, 0.1) is 11.8 Å². The average molecular weight is 697 g/mol. The lowest BCUT2D eigenvalue weighted by molar-refractivity contribution is -0.153. The van der Waals surface area contributed by atoms with Crippen LogP contribution in [0.3, 0.4) is 0 Å². The molecule has 0 heterocycles. The monoisotopic (exact) mass is 696 g/mol. The second-order valence-electron chi connectivity index (χ2n) is 10.7. The molecule has 0 aliphatic heterocycles. The van der Waals surface area contributed by atoms with E-state index in [2.05, 4.69) is 0 Å². The van der Waals surface area contributed by atoms with E-state index in [0.717, 1.165) is 0 Å². The van der Waals surface area contributed by atoms with Gasteiger partial charge in [0.1, 0.15) is 22.8 Å². The van der Waals surface area contributed by atoms with E-state index in [1.807, 2.05) is 18.7 Å². The van der Waals surface area contributed by atoms with Crippen LogP contribution in [-0.4, -0.2) is 117 Å². The summed E-state index contributed by atoms with van der Waals surface area (Å²) < 4.78 is 63.2.